The zero-order valence-electron chi connectivity index (χ0n) is 14.9. The van der Waals surface area contributed by atoms with E-state index in [9.17, 15) is 4.79 Å². The van der Waals surface area contributed by atoms with Gasteiger partial charge in [0.2, 0.25) is 5.91 Å². The summed E-state index contributed by atoms with van der Waals surface area (Å²) < 4.78 is 5.19. The van der Waals surface area contributed by atoms with Gasteiger partial charge >= 0.3 is 0 Å². The molecule has 5 heteroatoms. The normalized spacial score (nSPS) is 30.9. The summed E-state index contributed by atoms with van der Waals surface area (Å²) in [4.78, 5) is 19.8. The molecule has 5 nitrogen and oxygen atoms in total. The van der Waals surface area contributed by atoms with Crippen LogP contribution in [0.1, 0.15) is 38.5 Å². The molecule has 0 radical (unpaired) electrons. The fourth-order valence-electron chi connectivity index (χ4n) is 4.20. The minimum atomic E-state index is 0.194. The number of likely N-dealkylation sites (tertiary alicyclic amines) is 1. The number of piperazine rings is 1. The van der Waals surface area contributed by atoms with Crippen molar-refractivity contribution in [2.75, 3.05) is 60.0 Å². The Morgan fingerprint density at radius 2 is 2.04 bits per heavy atom. The highest BCUT2D eigenvalue weighted by molar-refractivity contribution is 5.76. The van der Waals surface area contributed by atoms with Gasteiger partial charge in [-0.2, -0.15) is 0 Å². The monoisotopic (exact) mass is 323 g/mol. The van der Waals surface area contributed by atoms with Crippen LogP contribution in [-0.4, -0.2) is 86.2 Å². The van der Waals surface area contributed by atoms with Gasteiger partial charge in [0.1, 0.15) is 0 Å². The molecule has 1 saturated carbocycles. The van der Waals surface area contributed by atoms with Crippen LogP contribution in [0.5, 0.6) is 0 Å². The molecule has 3 rings (SSSR count). The van der Waals surface area contributed by atoms with Gasteiger partial charge in [0.25, 0.3) is 0 Å². The first-order valence-corrected chi connectivity index (χ1v) is 9.33. The number of hydrogen-bond donors (Lipinski definition) is 0. The van der Waals surface area contributed by atoms with Crippen LogP contribution in [0.2, 0.25) is 0 Å². The molecule has 1 spiro atoms. The van der Waals surface area contributed by atoms with E-state index >= 15 is 0 Å². The molecule has 132 valence electrons. The van der Waals surface area contributed by atoms with Crippen molar-refractivity contribution in [2.45, 2.75) is 44.1 Å². The number of ether oxygens (including phenoxy) is 1. The average molecular weight is 323 g/mol. The van der Waals surface area contributed by atoms with Crippen molar-refractivity contribution in [1.82, 2.24) is 14.7 Å². The molecule has 1 amide bonds. The molecule has 2 saturated heterocycles. The molecule has 0 aromatic rings. The zero-order valence-corrected chi connectivity index (χ0v) is 14.9. The van der Waals surface area contributed by atoms with E-state index in [1.165, 1.54) is 12.8 Å². The number of methoxy groups -OCH3 is 1. The van der Waals surface area contributed by atoms with Crippen molar-refractivity contribution >= 4 is 5.91 Å². The highest BCUT2D eigenvalue weighted by Gasteiger charge is 2.42. The van der Waals surface area contributed by atoms with Crippen molar-refractivity contribution in [1.29, 1.82) is 0 Å². The molecule has 0 aromatic carbocycles. The Kier molecular flexibility index (Phi) is 5.60. The molecule has 0 N–H and O–H groups in total. The number of amides is 1. The van der Waals surface area contributed by atoms with Crippen LogP contribution in [0.15, 0.2) is 0 Å². The van der Waals surface area contributed by atoms with Gasteiger partial charge in [-0.3, -0.25) is 9.69 Å². The van der Waals surface area contributed by atoms with Crippen LogP contribution in [-0.2, 0) is 9.53 Å². The number of likely N-dealkylation sites (N-methyl/N-ethyl adjacent to an activating group) is 1. The van der Waals surface area contributed by atoms with E-state index in [4.69, 9.17) is 4.74 Å². The van der Waals surface area contributed by atoms with Gasteiger partial charge in [0.15, 0.2) is 0 Å². The van der Waals surface area contributed by atoms with E-state index in [1.54, 1.807) is 7.11 Å². The second-order valence-corrected chi connectivity index (χ2v) is 7.80. The number of carbonyl (C=O) groups is 1. The molecular formula is C18H33N3O2. The Bertz CT molecular complexity index is 413. The lowest BCUT2D eigenvalue weighted by molar-refractivity contribution is -0.131. The Morgan fingerprint density at radius 3 is 2.78 bits per heavy atom. The first-order valence-electron chi connectivity index (χ1n) is 9.33. The molecule has 2 heterocycles. The number of rotatable bonds is 6. The Balaban J connectivity index is 1.60. The maximum absolute atomic E-state index is 12.5. The van der Waals surface area contributed by atoms with Crippen molar-refractivity contribution in [3.63, 3.8) is 0 Å². The van der Waals surface area contributed by atoms with E-state index in [0.717, 1.165) is 77.5 Å². The summed E-state index contributed by atoms with van der Waals surface area (Å²) in [5.74, 6) is 1.18. The van der Waals surface area contributed by atoms with Crippen LogP contribution in [0.4, 0.5) is 0 Å². The minimum absolute atomic E-state index is 0.194. The average Bonchev–Trinajstić information content (AvgIpc) is 3.37. The summed E-state index contributed by atoms with van der Waals surface area (Å²) >= 11 is 0. The summed E-state index contributed by atoms with van der Waals surface area (Å²) in [7, 11) is 4.03. The molecular weight excluding hydrogens is 290 g/mol. The van der Waals surface area contributed by atoms with Crippen LogP contribution < -0.4 is 0 Å². The van der Waals surface area contributed by atoms with E-state index in [-0.39, 0.29) is 5.54 Å². The summed E-state index contributed by atoms with van der Waals surface area (Å²) in [6.07, 6.45) is 6.61. The predicted octanol–water partition coefficient (Wildman–Crippen LogP) is 1.43. The van der Waals surface area contributed by atoms with Gasteiger partial charge in [-0.1, -0.05) is 0 Å². The smallest absolute Gasteiger partial charge is 0.222 e. The van der Waals surface area contributed by atoms with Gasteiger partial charge in [0.05, 0.1) is 0 Å². The van der Waals surface area contributed by atoms with Crippen LogP contribution in [0, 0.1) is 5.92 Å². The van der Waals surface area contributed by atoms with E-state index in [2.05, 4.69) is 21.7 Å². The molecule has 0 bridgehead atoms. The highest BCUT2D eigenvalue weighted by Crippen LogP contribution is 2.35. The highest BCUT2D eigenvalue weighted by atomic mass is 16.5. The SMILES string of the molecule is COCCCN1CCN(C)C2(CCC(=O)N(CC3CC3)CC2)C1. The van der Waals surface area contributed by atoms with E-state index < -0.39 is 0 Å². The molecule has 1 aliphatic carbocycles. The molecule has 2 aliphatic heterocycles. The third-order valence-electron chi connectivity index (χ3n) is 6.08. The number of carbonyl (C=O) groups excluding carboxylic acids is 1. The lowest BCUT2D eigenvalue weighted by atomic mass is 9.86. The second-order valence-electron chi connectivity index (χ2n) is 7.80. The third kappa shape index (κ3) is 4.25. The van der Waals surface area contributed by atoms with Crippen LogP contribution in [0.25, 0.3) is 0 Å². The molecule has 3 fully saturated rings. The topological polar surface area (TPSA) is 36.0 Å². The predicted molar refractivity (Wildman–Crippen MR) is 91.4 cm³/mol. The lowest BCUT2D eigenvalue weighted by Gasteiger charge is -2.49. The van der Waals surface area contributed by atoms with Crippen molar-refractivity contribution in [2.24, 2.45) is 5.92 Å². The van der Waals surface area contributed by atoms with Gasteiger partial charge in [-0.05, 0) is 45.1 Å². The first-order chi connectivity index (χ1) is 11.1. The van der Waals surface area contributed by atoms with E-state index in [1.807, 2.05) is 0 Å². The van der Waals surface area contributed by atoms with Crippen LogP contribution >= 0.6 is 0 Å². The fourth-order valence-corrected chi connectivity index (χ4v) is 4.20. The molecule has 23 heavy (non-hydrogen) atoms. The quantitative estimate of drug-likeness (QED) is 0.693. The van der Waals surface area contributed by atoms with Gasteiger partial charge in [0, 0.05) is 64.9 Å². The van der Waals surface area contributed by atoms with Crippen molar-refractivity contribution in [3.8, 4) is 0 Å². The Hall–Kier alpha value is -0.650. The molecule has 1 atom stereocenters. The van der Waals surface area contributed by atoms with E-state index in [0.29, 0.717) is 5.91 Å². The number of nitrogens with zero attached hydrogens (tertiary/aromatic N) is 3. The zero-order chi connectivity index (χ0) is 16.3. The Morgan fingerprint density at radius 1 is 1.22 bits per heavy atom. The lowest BCUT2D eigenvalue weighted by Crippen LogP contribution is -2.61. The number of hydrogen-bond acceptors (Lipinski definition) is 4. The summed E-state index contributed by atoms with van der Waals surface area (Å²) in [6, 6.07) is 0. The molecule has 3 aliphatic rings. The minimum Gasteiger partial charge on any atom is -0.385 e. The van der Waals surface area contributed by atoms with Crippen molar-refractivity contribution < 1.29 is 9.53 Å². The van der Waals surface area contributed by atoms with Gasteiger partial charge in [-0.15, -0.1) is 0 Å². The maximum Gasteiger partial charge on any atom is 0.222 e. The largest absolute Gasteiger partial charge is 0.385 e. The standard InChI is InChI=1S/C18H33N3O2/c1-19-11-12-20(9-3-13-23-2)15-18(19)7-6-17(22)21(10-8-18)14-16-4-5-16/h16H,3-15H2,1-2H3. The fraction of sp³-hybridized carbons (Fsp3) is 0.944. The van der Waals surface area contributed by atoms with Crippen LogP contribution in [0.3, 0.4) is 0 Å². The third-order valence-corrected chi connectivity index (χ3v) is 6.08. The second kappa shape index (κ2) is 7.49. The van der Waals surface area contributed by atoms with Gasteiger partial charge < -0.3 is 14.5 Å². The Labute approximate surface area is 140 Å². The summed E-state index contributed by atoms with van der Waals surface area (Å²) in [6.45, 7) is 7.28. The maximum atomic E-state index is 12.5. The summed E-state index contributed by atoms with van der Waals surface area (Å²) in [5, 5.41) is 0. The molecule has 1 unspecified atom stereocenters. The van der Waals surface area contributed by atoms with Gasteiger partial charge in [-0.25, -0.2) is 0 Å². The molecule has 0 aromatic heterocycles. The first kappa shape index (κ1) is 17.2. The summed E-state index contributed by atoms with van der Waals surface area (Å²) in [5.41, 5.74) is 0.194. The van der Waals surface area contributed by atoms with Crippen molar-refractivity contribution in [3.05, 3.63) is 0 Å².